The number of nitrogens with one attached hydrogen (secondary N) is 1. The molecule has 0 aromatic heterocycles. The SMILES string of the molecule is COC1(C(=O)O)CC(O)C(NC(C)=S)CO1. The maximum atomic E-state index is 11.0. The Hall–Kier alpha value is -0.760. The average molecular weight is 249 g/mol. The number of hydrogen-bond donors (Lipinski definition) is 3. The Morgan fingerprint density at radius 2 is 2.31 bits per heavy atom. The fourth-order valence-corrected chi connectivity index (χ4v) is 1.74. The van der Waals surface area contributed by atoms with Crippen molar-refractivity contribution in [3.8, 4) is 0 Å². The molecule has 3 atom stereocenters. The Morgan fingerprint density at radius 3 is 2.69 bits per heavy atom. The zero-order valence-electron chi connectivity index (χ0n) is 9.10. The number of ether oxygens (including phenoxy) is 2. The Kier molecular flexibility index (Phi) is 4.20. The number of methoxy groups -OCH3 is 1. The molecule has 92 valence electrons. The second-order valence-corrected chi connectivity index (χ2v) is 4.26. The Labute approximate surface area is 98.5 Å². The van der Waals surface area contributed by atoms with Gasteiger partial charge in [-0.3, -0.25) is 0 Å². The number of hydrogen-bond acceptors (Lipinski definition) is 5. The molecule has 0 radical (unpaired) electrons. The van der Waals surface area contributed by atoms with E-state index in [9.17, 15) is 9.90 Å². The minimum absolute atomic E-state index is 0.0231. The number of aliphatic hydroxyl groups is 1. The second kappa shape index (κ2) is 5.05. The molecule has 0 aromatic rings. The van der Waals surface area contributed by atoms with Crippen molar-refractivity contribution in [2.24, 2.45) is 0 Å². The highest BCUT2D eigenvalue weighted by molar-refractivity contribution is 7.80. The Balaban J connectivity index is 2.69. The number of carboxylic acid groups (broad SMARTS) is 1. The van der Waals surface area contributed by atoms with Crippen LogP contribution in [0.3, 0.4) is 0 Å². The van der Waals surface area contributed by atoms with Gasteiger partial charge in [0.15, 0.2) is 0 Å². The van der Waals surface area contributed by atoms with Gasteiger partial charge in [-0.05, 0) is 6.92 Å². The fraction of sp³-hybridized carbons (Fsp3) is 0.778. The topological polar surface area (TPSA) is 88.0 Å². The zero-order valence-corrected chi connectivity index (χ0v) is 9.91. The van der Waals surface area contributed by atoms with Crippen LogP contribution in [-0.4, -0.2) is 52.8 Å². The van der Waals surface area contributed by atoms with Crippen LogP contribution in [0.25, 0.3) is 0 Å². The predicted octanol–water partition coefficient (Wildman–Crippen LogP) is -0.500. The Bertz CT molecular complexity index is 298. The highest BCUT2D eigenvalue weighted by Crippen LogP contribution is 2.26. The van der Waals surface area contributed by atoms with Gasteiger partial charge in [-0.2, -0.15) is 0 Å². The third-order valence-corrected chi connectivity index (χ3v) is 2.60. The summed E-state index contributed by atoms with van der Waals surface area (Å²) in [5, 5.41) is 21.6. The van der Waals surface area contributed by atoms with Crippen molar-refractivity contribution in [1.29, 1.82) is 0 Å². The molecular weight excluding hydrogens is 234 g/mol. The van der Waals surface area contributed by atoms with Crippen molar-refractivity contribution in [3.63, 3.8) is 0 Å². The second-order valence-electron chi connectivity index (χ2n) is 3.65. The highest BCUT2D eigenvalue weighted by Gasteiger charge is 2.48. The largest absolute Gasteiger partial charge is 0.477 e. The van der Waals surface area contributed by atoms with E-state index >= 15 is 0 Å². The lowest BCUT2D eigenvalue weighted by atomic mass is 9.98. The number of aliphatic hydroxyl groups excluding tert-OH is 1. The first-order chi connectivity index (χ1) is 7.41. The fourth-order valence-electron chi connectivity index (χ4n) is 1.59. The van der Waals surface area contributed by atoms with Crippen molar-refractivity contribution in [3.05, 3.63) is 0 Å². The van der Waals surface area contributed by atoms with Gasteiger partial charge >= 0.3 is 5.97 Å². The van der Waals surface area contributed by atoms with Crippen molar-refractivity contribution in [1.82, 2.24) is 5.32 Å². The number of rotatable bonds is 3. The summed E-state index contributed by atoms with van der Waals surface area (Å²) in [6.45, 7) is 1.70. The van der Waals surface area contributed by atoms with E-state index in [-0.39, 0.29) is 13.0 Å². The van der Waals surface area contributed by atoms with E-state index in [0.29, 0.717) is 4.99 Å². The maximum absolute atomic E-state index is 11.0. The summed E-state index contributed by atoms with van der Waals surface area (Å²) in [5.74, 6) is -3.00. The van der Waals surface area contributed by atoms with Gasteiger partial charge in [-0.25, -0.2) is 4.79 Å². The summed E-state index contributed by atoms with van der Waals surface area (Å²) in [4.78, 5) is 11.5. The molecule has 6 nitrogen and oxygen atoms in total. The van der Waals surface area contributed by atoms with Crippen LogP contribution in [0.5, 0.6) is 0 Å². The zero-order chi connectivity index (χ0) is 12.3. The molecule has 1 fully saturated rings. The van der Waals surface area contributed by atoms with Crippen LogP contribution in [0, 0.1) is 0 Å². The summed E-state index contributed by atoms with van der Waals surface area (Å²) in [7, 11) is 1.24. The molecule has 3 N–H and O–H groups in total. The van der Waals surface area contributed by atoms with Crippen LogP contribution < -0.4 is 5.32 Å². The van der Waals surface area contributed by atoms with Crippen molar-refractivity contribution in [2.75, 3.05) is 13.7 Å². The molecule has 0 aromatic carbocycles. The van der Waals surface area contributed by atoms with Crippen LogP contribution >= 0.6 is 12.2 Å². The summed E-state index contributed by atoms with van der Waals surface area (Å²) in [6, 6.07) is -0.403. The molecule has 0 amide bonds. The molecule has 0 spiro atoms. The maximum Gasteiger partial charge on any atom is 0.364 e. The molecule has 0 aliphatic carbocycles. The van der Waals surface area contributed by atoms with Gasteiger partial charge in [-0.15, -0.1) is 0 Å². The molecule has 0 saturated carbocycles. The van der Waals surface area contributed by atoms with Crippen LogP contribution in [0.4, 0.5) is 0 Å². The lowest BCUT2D eigenvalue weighted by Crippen LogP contribution is -2.59. The van der Waals surface area contributed by atoms with Crippen LogP contribution in [0.15, 0.2) is 0 Å². The van der Waals surface area contributed by atoms with Crippen molar-refractivity contribution in [2.45, 2.75) is 31.3 Å². The van der Waals surface area contributed by atoms with Gasteiger partial charge in [0.25, 0.3) is 5.79 Å². The molecule has 1 rings (SSSR count). The van der Waals surface area contributed by atoms with Crippen LogP contribution in [0.1, 0.15) is 13.3 Å². The van der Waals surface area contributed by atoms with Crippen molar-refractivity contribution >= 4 is 23.2 Å². The minimum Gasteiger partial charge on any atom is -0.477 e. The predicted molar refractivity (Wildman–Crippen MR) is 59.1 cm³/mol. The van der Waals surface area contributed by atoms with Crippen LogP contribution in [0.2, 0.25) is 0 Å². The summed E-state index contributed by atoms with van der Waals surface area (Å²) in [5.41, 5.74) is 0. The smallest absolute Gasteiger partial charge is 0.364 e. The average Bonchev–Trinajstić information content (AvgIpc) is 2.20. The van der Waals surface area contributed by atoms with E-state index < -0.39 is 23.9 Å². The first kappa shape index (κ1) is 13.3. The van der Waals surface area contributed by atoms with Gasteiger partial charge in [0.05, 0.1) is 23.7 Å². The summed E-state index contributed by atoms with van der Waals surface area (Å²) < 4.78 is 9.98. The van der Waals surface area contributed by atoms with Gasteiger partial charge in [0, 0.05) is 13.5 Å². The molecule has 1 saturated heterocycles. The highest BCUT2D eigenvalue weighted by atomic mass is 32.1. The first-order valence-electron chi connectivity index (χ1n) is 4.79. The third kappa shape index (κ3) is 2.67. The van der Waals surface area contributed by atoms with Gasteiger partial charge < -0.3 is 25.0 Å². The standard InChI is InChI=1S/C9H15NO5S/c1-5(16)10-6-4-15-9(14-2,8(12)13)3-7(6)11/h6-7,11H,3-4H2,1-2H3,(H,10,16)(H,12,13). The normalized spacial score (nSPS) is 34.4. The van der Waals surface area contributed by atoms with E-state index in [1.165, 1.54) is 7.11 Å². The molecule has 7 heteroatoms. The monoisotopic (exact) mass is 249 g/mol. The van der Waals surface area contributed by atoms with Gasteiger partial charge in [0.2, 0.25) is 0 Å². The van der Waals surface area contributed by atoms with Gasteiger partial charge in [0.1, 0.15) is 0 Å². The molecule has 1 heterocycles. The van der Waals surface area contributed by atoms with E-state index in [2.05, 4.69) is 5.32 Å². The molecule has 3 unspecified atom stereocenters. The minimum atomic E-state index is -1.76. The number of carbonyl (C=O) groups is 1. The Morgan fingerprint density at radius 1 is 1.69 bits per heavy atom. The molecule has 1 aliphatic rings. The molecule has 1 aliphatic heterocycles. The lowest BCUT2D eigenvalue weighted by Gasteiger charge is -2.39. The van der Waals surface area contributed by atoms with Crippen molar-refractivity contribution < 1.29 is 24.5 Å². The molecule has 16 heavy (non-hydrogen) atoms. The summed E-state index contributed by atoms with van der Waals surface area (Å²) in [6.07, 6.45) is -1.03. The first-order valence-corrected chi connectivity index (χ1v) is 5.20. The number of carboxylic acids is 1. The number of aliphatic carboxylic acids is 1. The quantitative estimate of drug-likeness (QED) is 0.581. The van der Waals surface area contributed by atoms with E-state index in [1.54, 1.807) is 6.92 Å². The lowest BCUT2D eigenvalue weighted by molar-refractivity contribution is -0.264. The van der Waals surface area contributed by atoms with E-state index in [4.69, 9.17) is 26.8 Å². The third-order valence-electron chi connectivity index (χ3n) is 2.48. The van der Waals surface area contributed by atoms with Gasteiger partial charge in [-0.1, -0.05) is 12.2 Å². The summed E-state index contributed by atoms with van der Waals surface area (Å²) >= 11 is 4.84. The van der Waals surface area contributed by atoms with E-state index in [1.807, 2.05) is 0 Å². The van der Waals surface area contributed by atoms with Crippen LogP contribution in [-0.2, 0) is 14.3 Å². The van der Waals surface area contributed by atoms with E-state index in [0.717, 1.165) is 0 Å². The molecule has 0 bridgehead atoms. The number of thiocarbonyl (C=S) groups is 1. The molecular formula is C9H15NO5S.